The minimum atomic E-state index is 0.0975. The molecular formula is C17H25N3O. The van der Waals surface area contributed by atoms with Crippen LogP contribution in [0.5, 0.6) is 0 Å². The van der Waals surface area contributed by atoms with Crippen LogP contribution in [-0.4, -0.2) is 17.6 Å². The summed E-state index contributed by atoms with van der Waals surface area (Å²) in [5.41, 5.74) is 3.70. The van der Waals surface area contributed by atoms with E-state index < -0.39 is 0 Å². The Balaban J connectivity index is 2.13. The molecule has 0 atom stereocenters. The molecule has 0 amide bonds. The first-order chi connectivity index (χ1) is 9.87. The topological polar surface area (TPSA) is 41.3 Å². The second-order valence-corrected chi connectivity index (χ2v) is 6.47. The van der Waals surface area contributed by atoms with Crippen molar-refractivity contribution in [3.05, 3.63) is 47.7 Å². The van der Waals surface area contributed by atoms with Crippen LogP contribution >= 0.6 is 0 Å². The van der Waals surface area contributed by atoms with Crippen molar-refractivity contribution >= 4 is 5.69 Å². The summed E-state index contributed by atoms with van der Waals surface area (Å²) in [6, 6.07) is 4.10. The Hall–Kier alpha value is -1.81. The zero-order valence-electron chi connectivity index (χ0n) is 13.6. The number of nitrogens with one attached hydrogen (secondary N) is 1. The van der Waals surface area contributed by atoms with Gasteiger partial charge in [0, 0.05) is 37.4 Å². The fourth-order valence-corrected chi connectivity index (χ4v) is 2.18. The van der Waals surface area contributed by atoms with Crippen LogP contribution in [0.4, 0.5) is 5.69 Å². The van der Waals surface area contributed by atoms with Crippen LogP contribution in [0, 0.1) is 6.92 Å². The predicted molar refractivity (Wildman–Crippen MR) is 86.4 cm³/mol. The molecule has 1 N–H and O–H groups in total. The third-order valence-corrected chi connectivity index (χ3v) is 3.48. The average Bonchev–Trinajstić information content (AvgIpc) is 2.81. The third-order valence-electron chi connectivity index (χ3n) is 3.48. The Morgan fingerprint density at radius 2 is 2.00 bits per heavy atom. The zero-order valence-corrected chi connectivity index (χ0v) is 13.6. The molecule has 0 saturated heterocycles. The number of nitrogens with zero attached hydrogens (tertiary/aromatic N) is 2. The zero-order chi connectivity index (χ0) is 15.5. The molecule has 0 unspecified atom stereocenters. The Morgan fingerprint density at radius 1 is 1.24 bits per heavy atom. The van der Waals surface area contributed by atoms with Gasteiger partial charge in [-0.3, -0.25) is 4.98 Å². The first-order valence-corrected chi connectivity index (χ1v) is 7.29. The van der Waals surface area contributed by atoms with Gasteiger partial charge in [-0.15, -0.1) is 0 Å². The maximum atomic E-state index is 5.37. The lowest BCUT2D eigenvalue weighted by Gasteiger charge is -2.25. The fourth-order valence-electron chi connectivity index (χ4n) is 2.18. The van der Waals surface area contributed by atoms with Crippen LogP contribution in [0.25, 0.3) is 0 Å². The van der Waals surface area contributed by atoms with Gasteiger partial charge in [-0.05, 0) is 45.4 Å². The third kappa shape index (κ3) is 4.33. The van der Waals surface area contributed by atoms with Gasteiger partial charge in [0.15, 0.2) is 0 Å². The molecule has 4 heteroatoms. The fraction of sp³-hybridized carbons (Fsp3) is 0.471. The largest absolute Gasteiger partial charge is 0.469 e. The molecule has 0 spiro atoms. The highest BCUT2D eigenvalue weighted by Gasteiger charge is 2.13. The van der Waals surface area contributed by atoms with Crippen LogP contribution in [-0.2, 0) is 13.1 Å². The second kappa shape index (κ2) is 6.31. The molecule has 2 rings (SSSR count). The molecule has 0 radical (unpaired) electrons. The SMILES string of the molecule is Cc1occc1CN(C)c1cnccc1CNC(C)(C)C. The lowest BCUT2D eigenvalue weighted by Crippen LogP contribution is -2.35. The van der Waals surface area contributed by atoms with Gasteiger partial charge >= 0.3 is 0 Å². The van der Waals surface area contributed by atoms with E-state index in [0.717, 1.165) is 24.5 Å². The standard InChI is InChI=1S/C17H25N3O/c1-13-15(7-9-21-13)12-20(5)16-11-18-8-6-14(16)10-19-17(2,3)4/h6-9,11,19H,10,12H2,1-5H3. The molecule has 0 aromatic carbocycles. The summed E-state index contributed by atoms with van der Waals surface area (Å²) in [5.74, 6) is 0.972. The summed E-state index contributed by atoms with van der Waals surface area (Å²) in [4.78, 5) is 6.48. The highest BCUT2D eigenvalue weighted by Crippen LogP contribution is 2.22. The molecule has 0 aliphatic carbocycles. The van der Waals surface area contributed by atoms with Gasteiger partial charge in [-0.25, -0.2) is 0 Å². The minimum absolute atomic E-state index is 0.0975. The summed E-state index contributed by atoms with van der Waals surface area (Å²) in [7, 11) is 2.09. The van der Waals surface area contributed by atoms with Gasteiger partial charge in [0.05, 0.1) is 18.1 Å². The van der Waals surface area contributed by atoms with Crippen molar-refractivity contribution in [2.75, 3.05) is 11.9 Å². The molecule has 0 aliphatic rings. The van der Waals surface area contributed by atoms with E-state index in [-0.39, 0.29) is 5.54 Å². The van der Waals surface area contributed by atoms with Crippen molar-refractivity contribution in [1.29, 1.82) is 0 Å². The number of hydrogen-bond acceptors (Lipinski definition) is 4. The number of hydrogen-bond donors (Lipinski definition) is 1. The number of pyridine rings is 1. The van der Waals surface area contributed by atoms with Gasteiger partial charge in [0.1, 0.15) is 5.76 Å². The summed E-state index contributed by atoms with van der Waals surface area (Å²) in [5, 5.41) is 3.53. The molecule has 21 heavy (non-hydrogen) atoms. The van der Waals surface area contributed by atoms with Crippen molar-refractivity contribution in [2.24, 2.45) is 0 Å². The number of anilines is 1. The van der Waals surface area contributed by atoms with E-state index in [9.17, 15) is 0 Å². The van der Waals surface area contributed by atoms with Crippen LogP contribution in [0.2, 0.25) is 0 Å². The van der Waals surface area contributed by atoms with Gasteiger partial charge in [-0.2, -0.15) is 0 Å². The number of aryl methyl sites for hydroxylation is 1. The Morgan fingerprint density at radius 3 is 2.62 bits per heavy atom. The lowest BCUT2D eigenvalue weighted by atomic mass is 10.1. The maximum absolute atomic E-state index is 5.37. The van der Waals surface area contributed by atoms with E-state index in [0.29, 0.717) is 0 Å². The van der Waals surface area contributed by atoms with Crippen LogP contribution < -0.4 is 10.2 Å². The van der Waals surface area contributed by atoms with Crippen molar-refractivity contribution in [2.45, 2.75) is 46.3 Å². The van der Waals surface area contributed by atoms with Crippen LogP contribution in [0.1, 0.15) is 37.7 Å². The van der Waals surface area contributed by atoms with E-state index in [4.69, 9.17) is 4.42 Å². The quantitative estimate of drug-likeness (QED) is 0.913. The summed E-state index contributed by atoms with van der Waals surface area (Å²) in [6.45, 7) is 10.2. The van der Waals surface area contributed by atoms with E-state index in [1.807, 2.05) is 25.4 Å². The van der Waals surface area contributed by atoms with Crippen molar-refractivity contribution in [1.82, 2.24) is 10.3 Å². The molecule has 0 fully saturated rings. The molecule has 2 heterocycles. The van der Waals surface area contributed by atoms with E-state index in [1.165, 1.54) is 11.1 Å². The first kappa shape index (κ1) is 15.6. The Labute approximate surface area is 127 Å². The van der Waals surface area contributed by atoms with E-state index in [1.54, 1.807) is 6.26 Å². The minimum Gasteiger partial charge on any atom is -0.469 e. The van der Waals surface area contributed by atoms with E-state index in [2.05, 4.69) is 49.1 Å². The normalized spacial score (nSPS) is 11.7. The molecule has 0 bridgehead atoms. The number of rotatable bonds is 5. The lowest BCUT2D eigenvalue weighted by molar-refractivity contribution is 0.424. The average molecular weight is 287 g/mol. The van der Waals surface area contributed by atoms with Gasteiger partial charge in [0.25, 0.3) is 0 Å². The predicted octanol–water partition coefficient (Wildman–Crippen LogP) is 3.51. The molecular weight excluding hydrogens is 262 g/mol. The summed E-state index contributed by atoms with van der Waals surface area (Å²) in [6.07, 6.45) is 5.51. The van der Waals surface area contributed by atoms with Gasteiger partial charge < -0.3 is 14.6 Å². The molecule has 0 aliphatic heterocycles. The Kier molecular flexibility index (Phi) is 4.68. The van der Waals surface area contributed by atoms with Crippen molar-refractivity contribution in [3.63, 3.8) is 0 Å². The monoisotopic (exact) mass is 287 g/mol. The molecule has 2 aromatic rings. The van der Waals surface area contributed by atoms with Crippen molar-refractivity contribution in [3.8, 4) is 0 Å². The van der Waals surface area contributed by atoms with Gasteiger partial charge in [0.2, 0.25) is 0 Å². The Bertz CT molecular complexity index is 584. The first-order valence-electron chi connectivity index (χ1n) is 7.29. The summed E-state index contributed by atoms with van der Waals surface area (Å²) < 4.78 is 5.37. The molecule has 2 aromatic heterocycles. The van der Waals surface area contributed by atoms with Gasteiger partial charge in [-0.1, -0.05) is 0 Å². The molecule has 0 saturated carbocycles. The number of aromatic nitrogens is 1. The maximum Gasteiger partial charge on any atom is 0.105 e. The molecule has 114 valence electrons. The van der Waals surface area contributed by atoms with Crippen molar-refractivity contribution < 1.29 is 4.42 Å². The molecule has 4 nitrogen and oxygen atoms in total. The number of furan rings is 1. The van der Waals surface area contributed by atoms with Crippen LogP contribution in [0.15, 0.2) is 35.2 Å². The van der Waals surface area contributed by atoms with E-state index >= 15 is 0 Å². The highest BCUT2D eigenvalue weighted by atomic mass is 16.3. The smallest absolute Gasteiger partial charge is 0.105 e. The highest BCUT2D eigenvalue weighted by molar-refractivity contribution is 5.51. The van der Waals surface area contributed by atoms with Crippen LogP contribution in [0.3, 0.4) is 0 Å². The summed E-state index contributed by atoms with van der Waals surface area (Å²) >= 11 is 0. The second-order valence-electron chi connectivity index (χ2n) is 6.47.